The van der Waals surface area contributed by atoms with E-state index in [1.807, 2.05) is 24.3 Å². The quantitative estimate of drug-likeness (QED) is 0.418. The predicted molar refractivity (Wildman–Crippen MR) is 145 cm³/mol. The average molecular weight is 595 g/mol. The molecule has 0 saturated carbocycles. The Labute approximate surface area is 234 Å². The Hall–Kier alpha value is -3.61. The number of alkyl halides is 3. The molecule has 2 N–H and O–H groups in total. The van der Waals surface area contributed by atoms with Crippen molar-refractivity contribution in [2.45, 2.75) is 50.1 Å². The van der Waals surface area contributed by atoms with Crippen LogP contribution in [0, 0.1) is 11.7 Å². The molecule has 13 heteroatoms. The smallest absolute Gasteiger partial charge is 0.361 e. The number of anilines is 1. The Balaban J connectivity index is 1.39. The van der Waals surface area contributed by atoms with Gasteiger partial charge in [-0.15, -0.1) is 0 Å². The van der Waals surface area contributed by atoms with E-state index in [0.717, 1.165) is 34.7 Å². The van der Waals surface area contributed by atoms with E-state index in [9.17, 15) is 35.6 Å². The first kappa shape index (κ1) is 28.9. The molecule has 220 valence electrons. The fraction of sp³-hybridized carbons (Fsp3) is 0.429. The Kier molecular flexibility index (Phi) is 7.29. The van der Waals surface area contributed by atoms with Crippen molar-refractivity contribution in [2.24, 2.45) is 5.92 Å². The van der Waals surface area contributed by atoms with E-state index in [1.165, 1.54) is 4.90 Å². The second-order valence-electron chi connectivity index (χ2n) is 11.0. The molecular formula is C28H30F4N4O4S. The second-order valence-corrected chi connectivity index (χ2v) is 12.9. The molecule has 1 aromatic heterocycles. The number of benzene rings is 2. The summed E-state index contributed by atoms with van der Waals surface area (Å²) in [5.41, 5.74) is -4.92. The van der Waals surface area contributed by atoms with Gasteiger partial charge in [-0.1, -0.05) is 32.0 Å². The van der Waals surface area contributed by atoms with Gasteiger partial charge >= 0.3 is 15.5 Å². The van der Waals surface area contributed by atoms with E-state index in [0.29, 0.717) is 4.31 Å². The number of aromatic nitrogens is 1. The number of fused-ring (bicyclic) bond motifs is 3. The van der Waals surface area contributed by atoms with Crippen LogP contribution in [0.25, 0.3) is 10.9 Å². The Morgan fingerprint density at radius 3 is 2.44 bits per heavy atom. The number of nitrogens with one attached hydrogen (secondary N) is 2. The molecule has 2 amide bonds. The number of H-pyrrole nitrogens is 1. The van der Waals surface area contributed by atoms with Gasteiger partial charge in [-0.2, -0.15) is 21.6 Å². The number of aromatic amines is 1. The average Bonchev–Trinajstić information content (AvgIpc) is 3.47. The van der Waals surface area contributed by atoms with Gasteiger partial charge in [-0.05, 0) is 48.2 Å². The van der Waals surface area contributed by atoms with Gasteiger partial charge in [0.05, 0.1) is 5.69 Å². The predicted octanol–water partition coefficient (Wildman–Crippen LogP) is 4.22. The van der Waals surface area contributed by atoms with Crippen LogP contribution in [-0.2, 0) is 31.4 Å². The molecule has 0 aliphatic carbocycles. The van der Waals surface area contributed by atoms with E-state index in [4.69, 9.17) is 0 Å². The monoisotopic (exact) mass is 594 g/mol. The molecule has 1 atom stereocenters. The van der Waals surface area contributed by atoms with Crippen molar-refractivity contribution in [3.05, 3.63) is 65.6 Å². The molecule has 5 rings (SSSR count). The fourth-order valence-corrected chi connectivity index (χ4v) is 6.88. The summed E-state index contributed by atoms with van der Waals surface area (Å²) in [7, 11) is -5.71. The summed E-state index contributed by atoms with van der Waals surface area (Å²) < 4.78 is 79.8. The number of nitrogens with zero attached hydrogens (tertiary/aromatic N) is 2. The molecule has 0 bridgehead atoms. The maximum absolute atomic E-state index is 14.2. The SMILES string of the molecule is CC(C)C(=O)NC(Cc1c[nH]c2ccccc12)C(=O)N1CCC2(CC1)CN(S(=O)(=O)C(F)(F)F)c1ccc(F)cc12. The summed E-state index contributed by atoms with van der Waals surface area (Å²) in [6.07, 6.45) is 2.25. The van der Waals surface area contributed by atoms with Crippen LogP contribution >= 0.6 is 0 Å². The number of halogens is 4. The Bertz CT molecular complexity index is 1590. The number of amides is 2. The molecule has 1 spiro atoms. The molecule has 3 heterocycles. The van der Waals surface area contributed by atoms with Gasteiger partial charge in [0.1, 0.15) is 11.9 Å². The zero-order chi connectivity index (χ0) is 29.7. The van der Waals surface area contributed by atoms with Gasteiger partial charge in [0.25, 0.3) is 0 Å². The lowest BCUT2D eigenvalue weighted by molar-refractivity contribution is -0.138. The molecule has 8 nitrogen and oxygen atoms in total. The van der Waals surface area contributed by atoms with Crippen LogP contribution in [0.15, 0.2) is 48.7 Å². The molecule has 2 aliphatic heterocycles. The minimum Gasteiger partial charge on any atom is -0.361 e. The highest BCUT2D eigenvalue weighted by molar-refractivity contribution is 7.93. The minimum atomic E-state index is -5.71. The molecule has 2 aromatic carbocycles. The van der Waals surface area contributed by atoms with Crippen molar-refractivity contribution in [1.82, 2.24) is 15.2 Å². The molecule has 0 radical (unpaired) electrons. The van der Waals surface area contributed by atoms with Crippen LogP contribution < -0.4 is 9.62 Å². The van der Waals surface area contributed by atoms with E-state index in [1.54, 1.807) is 20.0 Å². The number of para-hydroxylation sites is 1. The second kappa shape index (κ2) is 10.3. The normalized spacial score (nSPS) is 17.7. The van der Waals surface area contributed by atoms with Crippen LogP contribution in [0.4, 0.5) is 23.2 Å². The van der Waals surface area contributed by atoms with Gasteiger partial charge in [0.2, 0.25) is 11.8 Å². The third-order valence-electron chi connectivity index (χ3n) is 8.10. The topological polar surface area (TPSA) is 103 Å². The Morgan fingerprint density at radius 2 is 1.78 bits per heavy atom. The molecule has 1 saturated heterocycles. The van der Waals surface area contributed by atoms with Crippen LogP contribution in [0.3, 0.4) is 0 Å². The number of carbonyl (C=O) groups is 2. The first-order valence-corrected chi connectivity index (χ1v) is 14.7. The van der Waals surface area contributed by atoms with Crippen molar-refractivity contribution in [2.75, 3.05) is 23.9 Å². The molecular weight excluding hydrogens is 564 g/mol. The van der Waals surface area contributed by atoms with E-state index in [-0.39, 0.29) is 61.3 Å². The van der Waals surface area contributed by atoms with Gasteiger partial charge < -0.3 is 15.2 Å². The number of hydrogen-bond donors (Lipinski definition) is 2. The van der Waals surface area contributed by atoms with Gasteiger partial charge in [-0.25, -0.2) is 4.39 Å². The van der Waals surface area contributed by atoms with E-state index in [2.05, 4.69) is 10.3 Å². The molecule has 3 aromatic rings. The first-order chi connectivity index (χ1) is 19.2. The largest absolute Gasteiger partial charge is 0.516 e. The van der Waals surface area contributed by atoms with Gasteiger partial charge in [0.15, 0.2) is 0 Å². The van der Waals surface area contributed by atoms with Gasteiger partial charge in [0, 0.05) is 54.5 Å². The number of likely N-dealkylation sites (tertiary alicyclic amines) is 1. The summed E-state index contributed by atoms with van der Waals surface area (Å²) in [5.74, 6) is -1.71. The highest BCUT2D eigenvalue weighted by Crippen LogP contribution is 2.50. The van der Waals surface area contributed by atoms with E-state index < -0.39 is 39.4 Å². The van der Waals surface area contributed by atoms with Crippen LogP contribution in [0.1, 0.15) is 37.8 Å². The molecule has 1 unspecified atom stereocenters. The lowest BCUT2D eigenvalue weighted by Gasteiger charge is -2.41. The molecule has 41 heavy (non-hydrogen) atoms. The summed E-state index contributed by atoms with van der Waals surface area (Å²) in [5, 5.41) is 3.75. The van der Waals surface area contributed by atoms with Crippen molar-refractivity contribution in [3.63, 3.8) is 0 Å². The van der Waals surface area contributed by atoms with Crippen LogP contribution in [0.2, 0.25) is 0 Å². The zero-order valence-corrected chi connectivity index (χ0v) is 23.3. The Morgan fingerprint density at radius 1 is 1.10 bits per heavy atom. The number of rotatable bonds is 6. The zero-order valence-electron chi connectivity index (χ0n) is 22.5. The maximum atomic E-state index is 14.2. The number of piperidine rings is 1. The molecule has 2 aliphatic rings. The lowest BCUT2D eigenvalue weighted by atomic mass is 9.74. The summed E-state index contributed by atoms with van der Waals surface area (Å²) >= 11 is 0. The highest BCUT2D eigenvalue weighted by atomic mass is 32.2. The standard InChI is InChI=1S/C28H30F4N4O4S/c1-17(2)25(37)34-23(13-18-15-33-22-6-4-3-5-20(18)22)26(38)35-11-9-27(10-12-35)16-36(41(39,40)28(30,31)32)24-8-7-19(29)14-21(24)27/h3-8,14-15,17,23,33H,9-13,16H2,1-2H3,(H,34,37). The number of sulfonamides is 1. The summed E-state index contributed by atoms with van der Waals surface area (Å²) in [4.78, 5) is 31.1. The fourth-order valence-electron chi connectivity index (χ4n) is 5.80. The number of carbonyl (C=O) groups excluding carboxylic acids is 2. The van der Waals surface area contributed by atoms with Crippen molar-refractivity contribution in [1.29, 1.82) is 0 Å². The summed E-state index contributed by atoms with van der Waals surface area (Å²) in [6.45, 7) is 3.11. The number of hydrogen-bond acceptors (Lipinski definition) is 4. The molecule has 1 fully saturated rings. The van der Waals surface area contributed by atoms with Crippen molar-refractivity contribution < 1.29 is 35.6 Å². The van der Waals surface area contributed by atoms with E-state index >= 15 is 0 Å². The van der Waals surface area contributed by atoms with Crippen molar-refractivity contribution in [3.8, 4) is 0 Å². The maximum Gasteiger partial charge on any atom is 0.516 e. The van der Waals surface area contributed by atoms with Crippen LogP contribution in [-0.4, -0.2) is 61.3 Å². The van der Waals surface area contributed by atoms with Gasteiger partial charge in [-0.3, -0.25) is 13.9 Å². The third kappa shape index (κ3) is 5.15. The van der Waals surface area contributed by atoms with Crippen LogP contribution in [0.5, 0.6) is 0 Å². The third-order valence-corrected chi connectivity index (χ3v) is 9.59. The van der Waals surface area contributed by atoms with Crippen molar-refractivity contribution >= 4 is 38.4 Å². The highest BCUT2D eigenvalue weighted by Gasteiger charge is 2.57. The first-order valence-electron chi connectivity index (χ1n) is 13.3. The summed E-state index contributed by atoms with van der Waals surface area (Å²) in [6, 6.07) is 9.74. The lowest BCUT2D eigenvalue weighted by Crippen LogP contribution is -2.55. The minimum absolute atomic E-state index is 0.0939.